The monoisotopic (exact) mass is 317 g/mol. The molecule has 1 aliphatic heterocycles. The summed E-state index contributed by atoms with van der Waals surface area (Å²) in [5, 5.41) is 9.80. The van der Waals surface area contributed by atoms with E-state index in [1.165, 1.54) is 0 Å². The lowest BCUT2D eigenvalue weighted by molar-refractivity contribution is -0.113. The number of carbonyl (C=O) groups excluding carboxylic acids is 1. The molecule has 1 aromatic heterocycles. The topological polar surface area (TPSA) is 67.0 Å². The number of H-pyrrole nitrogens is 1. The summed E-state index contributed by atoms with van der Waals surface area (Å²) in [6, 6.07) is 8.01. The number of aromatic nitrogens is 2. The van der Waals surface area contributed by atoms with Crippen molar-refractivity contribution >= 4 is 23.5 Å². The second-order valence-corrected chi connectivity index (χ2v) is 6.78. The molecule has 0 fully saturated rings. The molecular weight excluding hydrogens is 298 g/mol. The van der Waals surface area contributed by atoms with Crippen LogP contribution in [0.15, 0.2) is 30.5 Å². The Morgan fingerprint density at radius 2 is 2.18 bits per heavy atom. The Morgan fingerprint density at radius 3 is 3.00 bits per heavy atom. The van der Waals surface area contributed by atoms with Crippen molar-refractivity contribution in [1.29, 1.82) is 0 Å². The Labute approximate surface area is 133 Å². The molecule has 0 spiro atoms. The van der Waals surface area contributed by atoms with E-state index in [0.29, 0.717) is 24.1 Å². The maximum atomic E-state index is 11.8. The maximum Gasteiger partial charge on any atom is 0.235 e. The lowest BCUT2D eigenvalue weighted by Crippen LogP contribution is -2.12. The van der Waals surface area contributed by atoms with Crippen LogP contribution in [0.2, 0.25) is 0 Å². The SMILES string of the molecule is CC(C)COc1ccccc1C1SCC(=O)Nc2[nH]ncc21. The molecule has 1 aromatic carbocycles. The average Bonchev–Trinajstić information content (AvgIpc) is 2.88. The summed E-state index contributed by atoms with van der Waals surface area (Å²) in [6.07, 6.45) is 1.78. The maximum absolute atomic E-state index is 11.8. The van der Waals surface area contributed by atoms with Crippen molar-refractivity contribution in [2.75, 3.05) is 17.7 Å². The fourth-order valence-electron chi connectivity index (χ4n) is 2.36. The molecule has 1 amide bonds. The summed E-state index contributed by atoms with van der Waals surface area (Å²) in [7, 11) is 0. The zero-order valence-corrected chi connectivity index (χ0v) is 13.4. The second-order valence-electron chi connectivity index (χ2n) is 5.68. The molecule has 0 aliphatic carbocycles. The first-order valence-corrected chi connectivity index (χ1v) is 8.36. The van der Waals surface area contributed by atoms with Gasteiger partial charge in [-0.1, -0.05) is 32.0 Å². The van der Waals surface area contributed by atoms with Crippen molar-refractivity contribution in [1.82, 2.24) is 10.2 Å². The predicted octanol–water partition coefficient (Wildman–Crippen LogP) is 3.22. The highest BCUT2D eigenvalue weighted by molar-refractivity contribution is 8.00. The first-order valence-electron chi connectivity index (χ1n) is 7.31. The number of aromatic amines is 1. The van der Waals surface area contributed by atoms with Crippen LogP contribution in [0.3, 0.4) is 0 Å². The number of benzene rings is 1. The summed E-state index contributed by atoms with van der Waals surface area (Å²) in [4.78, 5) is 11.8. The van der Waals surface area contributed by atoms with Crippen LogP contribution in [0.1, 0.15) is 30.2 Å². The van der Waals surface area contributed by atoms with Crippen LogP contribution in [-0.4, -0.2) is 28.5 Å². The zero-order chi connectivity index (χ0) is 15.5. The second kappa shape index (κ2) is 6.44. The molecule has 2 N–H and O–H groups in total. The minimum Gasteiger partial charge on any atom is -0.493 e. The number of anilines is 1. The molecule has 6 heteroatoms. The van der Waals surface area contributed by atoms with Crippen LogP contribution in [0.25, 0.3) is 0 Å². The van der Waals surface area contributed by atoms with E-state index in [4.69, 9.17) is 4.74 Å². The van der Waals surface area contributed by atoms with Gasteiger partial charge in [0, 0.05) is 11.1 Å². The Kier molecular flexibility index (Phi) is 4.38. The number of fused-ring (bicyclic) bond motifs is 1. The molecule has 2 heterocycles. The van der Waals surface area contributed by atoms with E-state index in [-0.39, 0.29) is 11.2 Å². The molecule has 0 saturated heterocycles. The average molecular weight is 317 g/mol. The summed E-state index contributed by atoms with van der Waals surface area (Å²) in [6.45, 7) is 4.92. The first kappa shape index (κ1) is 15.0. The van der Waals surface area contributed by atoms with E-state index in [2.05, 4.69) is 35.4 Å². The van der Waals surface area contributed by atoms with Crippen LogP contribution in [0.4, 0.5) is 5.82 Å². The first-order chi connectivity index (χ1) is 10.6. The predicted molar refractivity (Wildman–Crippen MR) is 88.3 cm³/mol. The number of nitrogens with zero attached hydrogens (tertiary/aromatic N) is 1. The number of rotatable bonds is 4. The van der Waals surface area contributed by atoms with Crippen molar-refractivity contribution in [2.45, 2.75) is 19.1 Å². The standard InChI is InChI=1S/C16H19N3O2S/c1-10(2)8-21-13-6-4-3-5-11(13)15-12-7-17-19-16(12)18-14(20)9-22-15/h3-7,10,15H,8-9H2,1-2H3,(H2,17,18,19,20). The third kappa shape index (κ3) is 3.11. The van der Waals surface area contributed by atoms with Crippen LogP contribution in [-0.2, 0) is 4.79 Å². The number of carbonyl (C=O) groups is 1. The van der Waals surface area contributed by atoms with Gasteiger partial charge in [0.15, 0.2) is 0 Å². The third-order valence-corrected chi connectivity index (χ3v) is 4.64. The fourth-order valence-corrected chi connectivity index (χ4v) is 3.48. The number of nitrogens with one attached hydrogen (secondary N) is 2. The summed E-state index contributed by atoms with van der Waals surface area (Å²) in [5.74, 6) is 2.40. The van der Waals surface area contributed by atoms with Gasteiger partial charge in [-0.2, -0.15) is 5.10 Å². The van der Waals surface area contributed by atoms with Crippen molar-refractivity contribution < 1.29 is 9.53 Å². The lowest BCUT2D eigenvalue weighted by atomic mass is 10.1. The van der Waals surface area contributed by atoms with Crippen LogP contribution in [0.5, 0.6) is 5.75 Å². The van der Waals surface area contributed by atoms with Gasteiger partial charge in [0.25, 0.3) is 0 Å². The van der Waals surface area contributed by atoms with Gasteiger partial charge in [-0.3, -0.25) is 9.89 Å². The molecule has 1 atom stereocenters. The van der Waals surface area contributed by atoms with Crippen molar-refractivity contribution in [3.05, 3.63) is 41.6 Å². The zero-order valence-electron chi connectivity index (χ0n) is 12.6. The van der Waals surface area contributed by atoms with E-state index in [1.807, 2.05) is 18.2 Å². The molecule has 1 unspecified atom stereocenters. The largest absolute Gasteiger partial charge is 0.493 e. The minimum absolute atomic E-state index is 0.0152. The van der Waals surface area contributed by atoms with Crippen molar-refractivity contribution in [3.63, 3.8) is 0 Å². The molecule has 0 bridgehead atoms. The van der Waals surface area contributed by atoms with E-state index < -0.39 is 0 Å². The molecule has 2 aromatic rings. The van der Waals surface area contributed by atoms with Gasteiger partial charge in [-0.25, -0.2) is 0 Å². The molecule has 116 valence electrons. The van der Waals surface area contributed by atoms with Gasteiger partial charge in [0.2, 0.25) is 5.91 Å². The Hall–Kier alpha value is -1.95. The van der Waals surface area contributed by atoms with E-state index in [9.17, 15) is 4.79 Å². The van der Waals surface area contributed by atoms with Gasteiger partial charge < -0.3 is 10.1 Å². The summed E-state index contributed by atoms with van der Waals surface area (Å²) < 4.78 is 5.96. The van der Waals surface area contributed by atoms with Crippen LogP contribution in [0, 0.1) is 5.92 Å². The number of hydrogen-bond donors (Lipinski definition) is 2. The quantitative estimate of drug-likeness (QED) is 0.908. The van der Waals surface area contributed by atoms with Crippen LogP contribution >= 0.6 is 11.8 Å². The van der Waals surface area contributed by atoms with E-state index >= 15 is 0 Å². The smallest absolute Gasteiger partial charge is 0.235 e. The van der Waals surface area contributed by atoms with Gasteiger partial charge in [-0.05, 0) is 12.0 Å². The number of hydrogen-bond acceptors (Lipinski definition) is 4. The highest BCUT2D eigenvalue weighted by Crippen LogP contribution is 2.43. The highest BCUT2D eigenvalue weighted by Gasteiger charge is 2.27. The molecule has 1 aliphatic rings. The number of ether oxygens (including phenoxy) is 1. The number of thioether (sulfide) groups is 1. The van der Waals surface area contributed by atoms with Gasteiger partial charge >= 0.3 is 0 Å². The molecule has 3 rings (SSSR count). The molecule has 0 saturated carbocycles. The number of para-hydroxylation sites is 1. The fraction of sp³-hybridized carbons (Fsp3) is 0.375. The van der Waals surface area contributed by atoms with E-state index in [0.717, 1.165) is 16.9 Å². The van der Waals surface area contributed by atoms with Crippen LogP contribution < -0.4 is 10.1 Å². The molecule has 5 nitrogen and oxygen atoms in total. The molecule has 0 radical (unpaired) electrons. The van der Waals surface area contributed by atoms with Gasteiger partial charge in [0.05, 0.1) is 23.8 Å². The van der Waals surface area contributed by atoms with Crippen molar-refractivity contribution in [3.8, 4) is 5.75 Å². The highest BCUT2D eigenvalue weighted by atomic mass is 32.2. The third-order valence-electron chi connectivity index (χ3n) is 3.37. The summed E-state index contributed by atoms with van der Waals surface area (Å²) >= 11 is 1.59. The minimum atomic E-state index is -0.0152. The lowest BCUT2D eigenvalue weighted by Gasteiger charge is -2.19. The van der Waals surface area contributed by atoms with E-state index in [1.54, 1.807) is 18.0 Å². The normalized spacial score (nSPS) is 17.8. The Morgan fingerprint density at radius 1 is 1.36 bits per heavy atom. The Bertz CT molecular complexity index is 669. The Balaban J connectivity index is 1.96. The van der Waals surface area contributed by atoms with Crippen molar-refractivity contribution in [2.24, 2.45) is 5.92 Å². The van der Waals surface area contributed by atoms with Gasteiger partial charge in [-0.15, -0.1) is 11.8 Å². The van der Waals surface area contributed by atoms with Gasteiger partial charge in [0.1, 0.15) is 11.6 Å². The molecule has 22 heavy (non-hydrogen) atoms. The summed E-state index contributed by atoms with van der Waals surface area (Å²) in [5.41, 5.74) is 2.06. The molecular formula is C16H19N3O2S. The number of amides is 1.